The predicted octanol–water partition coefficient (Wildman–Crippen LogP) is 2.24. The Balaban J connectivity index is 1.54. The highest BCUT2D eigenvalue weighted by molar-refractivity contribution is 5.84. The number of benzene rings is 1. The van der Waals surface area contributed by atoms with Gasteiger partial charge in [0.25, 0.3) is 0 Å². The van der Waals surface area contributed by atoms with Crippen LogP contribution in [-0.4, -0.2) is 49.1 Å². The molecule has 1 unspecified atom stereocenters. The van der Waals surface area contributed by atoms with Crippen molar-refractivity contribution in [3.05, 3.63) is 47.7 Å². The molecule has 3 N–H and O–H groups in total. The van der Waals surface area contributed by atoms with E-state index in [0.29, 0.717) is 31.8 Å². The number of fused-ring (bicyclic) bond motifs is 1. The summed E-state index contributed by atoms with van der Waals surface area (Å²) in [5, 5.41) is 3.21. The highest BCUT2D eigenvalue weighted by Gasteiger charge is 2.29. The monoisotopic (exact) mass is 412 g/mol. The summed E-state index contributed by atoms with van der Waals surface area (Å²) in [5.41, 5.74) is 8.51. The number of pyridine rings is 1. The number of hydrogen-bond acceptors (Lipinski definition) is 7. The van der Waals surface area contributed by atoms with Gasteiger partial charge < -0.3 is 25.4 Å². The van der Waals surface area contributed by atoms with Crippen molar-refractivity contribution in [1.82, 2.24) is 9.88 Å². The van der Waals surface area contributed by atoms with Crippen LogP contribution < -0.4 is 15.8 Å². The maximum Gasteiger partial charge on any atom is 0.306 e. The molecule has 2 aromatic rings. The van der Waals surface area contributed by atoms with E-state index in [1.165, 1.54) is 7.11 Å². The van der Waals surface area contributed by atoms with Gasteiger partial charge in [0, 0.05) is 38.1 Å². The summed E-state index contributed by atoms with van der Waals surface area (Å²) in [7, 11) is 3.09. The fourth-order valence-corrected chi connectivity index (χ4v) is 3.50. The van der Waals surface area contributed by atoms with Gasteiger partial charge in [0.1, 0.15) is 11.6 Å². The van der Waals surface area contributed by atoms with Crippen molar-refractivity contribution in [1.29, 1.82) is 0 Å². The molecular weight excluding hydrogens is 384 g/mol. The number of nitrogens with zero attached hydrogens (tertiary/aromatic N) is 2. The SMILES string of the molecule is COC(=O)CC1Cc2ccc(OCCCNc3cc(N)ccn3)cc2CN(C)C1=O. The molecule has 0 saturated heterocycles. The van der Waals surface area contributed by atoms with Gasteiger partial charge >= 0.3 is 5.97 Å². The average molecular weight is 412 g/mol. The van der Waals surface area contributed by atoms with Crippen LogP contribution in [0.15, 0.2) is 36.5 Å². The van der Waals surface area contributed by atoms with Crippen LogP contribution in [0, 0.1) is 5.92 Å². The van der Waals surface area contributed by atoms with Gasteiger partial charge in [0.2, 0.25) is 5.91 Å². The summed E-state index contributed by atoms with van der Waals surface area (Å²) in [6.07, 6.45) is 3.08. The second-order valence-corrected chi connectivity index (χ2v) is 7.41. The first kappa shape index (κ1) is 21.4. The van der Waals surface area contributed by atoms with Gasteiger partial charge in [-0.05, 0) is 42.2 Å². The summed E-state index contributed by atoms with van der Waals surface area (Å²) >= 11 is 0. The van der Waals surface area contributed by atoms with Crippen LogP contribution in [0.4, 0.5) is 11.5 Å². The number of carbonyl (C=O) groups is 2. The quantitative estimate of drug-likeness (QED) is 0.506. The van der Waals surface area contributed by atoms with E-state index in [2.05, 4.69) is 10.3 Å². The molecule has 30 heavy (non-hydrogen) atoms. The van der Waals surface area contributed by atoms with Gasteiger partial charge in [-0.2, -0.15) is 0 Å². The van der Waals surface area contributed by atoms with E-state index in [9.17, 15) is 9.59 Å². The van der Waals surface area contributed by atoms with Crippen molar-refractivity contribution < 1.29 is 19.1 Å². The summed E-state index contributed by atoms with van der Waals surface area (Å²) in [6, 6.07) is 9.41. The molecule has 3 rings (SSSR count). The van der Waals surface area contributed by atoms with Crippen LogP contribution in [0.5, 0.6) is 5.75 Å². The Morgan fingerprint density at radius 1 is 1.30 bits per heavy atom. The lowest BCUT2D eigenvalue weighted by molar-refractivity contribution is -0.146. The third kappa shape index (κ3) is 5.62. The first-order valence-electron chi connectivity index (χ1n) is 9.98. The number of esters is 1. The molecule has 0 radical (unpaired) electrons. The molecule has 0 aliphatic carbocycles. The van der Waals surface area contributed by atoms with Crippen LogP contribution in [0.25, 0.3) is 0 Å². The van der Waals surface area contributed by atoms with E-state index < -0.39 is 5.92 Å². The van der Waals surface area contributed by atoms with Crippen LogP contribution in [0.1, 0.15) is 24.0 Å². The Morgan fingerprint density at radius 3 is 2.90 bits per heavy atom. The highest BCUT2D eigenvalue weighted by atomic mass is 16.5. The maximum absolute atomic E-state index is 12.6. The predicted molar refractivity (Wildman–Crippen MR) is 114 cm³/mol. The number of anilines is 2. The molecule has 0 bridgehead atoms. The Hall–Kier alpha value is -3.29. The number of ether oxygens (including phenoxy) is 2. The first-order valence-corrected chi connectivity index (χ1v) is 9.98. The largest absolute Gasteiger partial charge is 0.494 e. The number of nitrogens with two attached hydrogens (primary N) is 1. The number of aromatic nitrogens is 1. The van der Waals surface area contributed by atoms with E-state index in [1.54, 1.807) is 30.3 Å². The standard InChI is InChI=1S/C22H28N4O4/c1-26-14-17-11-19(30-9-3-7-24-20-13-18(23)6-8-25-20)5-4-15(17)10-16(22(26)28)12-21(27)29-2/h4-6,8,11,13,16H,3,7,9-10,12,14H2,1-2H3,(H3,23,24,25). The molecular formula is C22H28N4O4. The number of hydrogen-bond donors (Lipinski definition) is 2. The maximum atomic E-state index is 12.6. The summed E-state index contributed by atoms with van der Waals surface area (Å²) in [5.74, 6) is 0.701. The molecule has 1 aliphatic heterocycles. The van der Waals surface area contributed by atoms with E-state index >= 15 is 0 Å². The van der Waals surface area contributed by atoms with Crippen molar-refractivity contribution >= 4 is 23.4 Å². The molecule has 1 aliphatic rings. The van der Waals surface area contributed by atoms with Crippen molar-refractivity contribution in [2.75, 3.05) is 38.4 Å². The minimum absolute atomic E-state index is 0.0414. The first-order chi connectivity index (χ1) is 14.5. The number of rotatable bonds is 8. The molecule has 1 amide bonds. The van der Waals surface area contributed by atoms with E-state index in [4.69, 9.17) is 15.2 Å². The van der Waals surface area contributed by atoms with Crippen molar-refractivity contribution in [3.63, 3.8) is 0 Å². The zero-order valence-electron chi connectivity index (χ0n) is 17.4. The second-order valence-electron chi connectivity index (χ2n) is 7.41. The Labute approximate surface area is 176 Å². The fourth-order valence-electron chi connectivity index (χ4n) is 3.50. The topological polar surface area (TPSA) is 107 Å². The lowest BCUT2D eigenvalue weighted by Crippen LogP contribution is -2.32. The number of amides is 1. The zero-order chi connectivity index (χ0) is 21.5. The molecule has 1 aromatic heterocycles. The minimum atomic E-state index is -0.401. The minimum Gasteiger partial charge on any atom is -0.494 e. The van der Waals surface area contributed by atoms with Crippen LogP contribution in [-0.2, 0) is 27.3 Å². The molecule has 0 fully saturated rings. The van der Waals surface area contributed by atoms with Crippen molar-refractivity contribution in [2.24, 2.45) is 5.92 Å². The smallest absolute Gasteiger partial charge is 0.306 e. The number of nitrogen functional groups attached to an aromatic ring is 1. The number of carbonyl (C=O) groups excluding carboxylic acids is 2. The number of methoxy groups -OCH3 is 1. The lowest BCUT2D eigenvalue weighted by Gasteiger charge is -2.19. The zero-order valence-corrected chi connectivity index (χ0v) is 17.4. The van der Waals surface area contributed by atoms with Gasteiger partial charge in [-0.25, -0.2) is 4.98 Å². The Kier molecular flexibility index (Phi) is 7.11. The summed E-state index contributed by atoms with van der Waals surface area (Å²) in [4.78, 5) is 30.1. The third-order valence-corrected chi connectivity index (χ3v) is 5.10. The van der Waals surface area contributed by atoms with Gasteiger partial charge in [-0.15, -0.1) is 0 Å². The van der Waals surface area contributed by atoms with Crippen LogP contribution in [0.2, 0.25) is 0 Å². The molecule has 160 valence electrons. The lowest BCUT2D eigenvalue weighted by atomic mass is 9.94. The molecule has 0 spiro atoms. The van der Waals surface area contributed by atoms with Crippen molar-refractivity contribution in [2.45, 2.75) is 25.8 Å². The molecule has 8 nitrogen and oxygen atoms in total. The number of nitrogens with one attached hydrogen (secondary N) is 1. The molecule has 0 saturated carbocycles. The Morgan fingerprint density at radius 2 is 2.13 bits per heavy atom. The highest BCUT2D eigenvalue weighted by Crippen LogP contribution is 2.27. The normalized spacial score (nSPS) is 15.9. The van der Waals surface area contributed by atoms with Gasteiger partial charge in [-0.3, -0.25) is 9.59 Å². The average Bonchev–Trinajstić information content (AvgIpc) is 2.84. The third-order valence-electron chi connectivity index (χ3n) is 5.10. The van der Waals surface area contributed by atoms with E-state index in [0.717, 1.165) is 29.1 Å². The van der Waals surface area contributed by atoms with Gasteiger partial charge in [0.15, 0.2) is 0 Å². The van der Waals surface area contributed by atoms with Crippen LogP contribution >= 0.6 is 0 Å². The molecule has 1 atom stereocenters. The molecule has 2 heterocycles. The Bertz CT molecular complexity index is 902. The second kappa shape index (κ2) is 9.96. The summed E-state index contributed by atoms with van der Waals surface area (Å²) < 4.78 is 10.6. The van der Waals surface area contributed by atoms with Gasteiger partial charge in [0.05, 0.1) is 26.1 Å². The van der Waals surface area contributed by atoms with Crippen molar-refractivity contribution in [3.8, 4) is 5.75 Å². The van der Waals surface area contributed by atoms with Gasteiger partial charge in [-0.1, -0.05) is 6.07 Å². The van der Waals surface area contributed by atoms with E-state index in [1.807, 2.05) is 18.2 Å². The van der Waals surface area contributed by atoms with E-state index in [-0.39, 0.29) is 18.3 Å². The fraction of sp³-hybridized carbons (Fsp3) is 0.409. The van der Waals surface area contributed by atoms with Crippen LogP contribution in [0.3, 0.4) is 0 Å². The summed E-state index contributed by atoms with van der Waals surface area (Å²) in [6.45, 7) is 1.76. The molecule has 1 aromatic carbocycles. The molecule has 8 heteroatoms.